The molecule has 0 saturated carbocycles. The third kappa shape index (κ3) is 5.30. The number of aliphatic hydroxyl groups is 1. The first kappa shape index (κ1) is 25.8. The molecule has 1 amide bonds. The monoisotopic (exact) mass is 490 g/mol. The number of oxime groups is 1. The van der Waals surface area contributed by atoms with Gasteiger partial charge in [0.2, 0.25) is 0 Å². The smallest absolute Gasteiger partial charge is 0.264 e. The van der Waals surface area contributed by atoms with Gasteiger partial charge >= 0.3 is 0 Å². The highest BCUT2D eigenvalue weighted by Crippen LogP contribution is 2.30. The van der Waals surface area contributed by atoms with Gasteiger partial charge in [0.25, 0.3) is 5.91 Å². The van der Waals surface area contributed by atoms with Crippen LogP contribution in [0.2, 0.25) is 0 Å². The largest absolute Gasteiger partial charge is 0.392 e. The van der Waals surface area contributed by atoms with Gasteiger partial charge in [-0.25, -0.2) is 13.9 Å². The number of nitrogens with one attached hydrogen (secondary N) is 1. The van der Waals surface area contributed by atoms with Crippen molar-refractivity contribution in [2.75, 3.05) is 20.0 Å². The maximum Gasteiger partial charge on any atom is 0.264 e. The number of rotatable bonds is 9. The fraction of sp³-hybridized carbons (Fsp3) is 0.417. The lowest BCUT2D eigenvalue weighted by Gasteiger charge is -2.26. The Hall–Kier alpha value is -2.79. The highest BCUT2D eigenvalue weighted by molar-refractivity contribution is 7.92. The first-order chi connectivity index (χ1) is 15.9. The molecule has 0 aromatic heterocycles. The molecule has 0 spiro atoms. The van der Waals surface area contributed by atoms with Crippen LogP contribution >= 0.6 is 0 Å². The molecule has 0 fully saturated rings. The zero-order valence-corrected chi connectivity index (χ0v) is 20.4. The first-order valence-electron chi connectivity index (χ1n) is 10.7. The molecular weight excluding hydrogens is 460 g/mol. The molecule has 184 valence electrons. The van der Waals surface area contributed by atoms with Gasteiger partial charge in [0, 0.05) is 26.2 Å². The molecular formula is C24H30N2O7S. The molecule has 1 aliphatic rings. The van der Waals surface area contributed by atoms with Crippen molar-refractivity contribution in [2.24, 2.45) is 5.16 Å². The van der Waals surface area contributed by atoms with Crippen molar-refractivity contribution in [3.05, 3.63) is 59.7 Å². The fourth-order valence-corrected chi connectivity index (χ4v) is 4.79. The minimum absolute atomic E-state index is 0.150. The second-order valence-electron chi connectivity index (χ2n) is 8.98. The molecule has 1 aliphatic heterocycles. The minimum atomic E-state index is -3.82. The summed E-state index contributed by atoms with van der Waals surface area (Å²) >= 11 is 0. The molecule has 9 nitrogen and oxygen atoms in total. The molecule has 1 heterocycles. The summed E-state index contributed by atoms with van der Waals surface area (Å²) < 4.78 is 27.6. The number of benzene rings is 2. The van der Waals surface area contributed by atoms with E-state index in [1.54, 1.807) is 14.0 Å². The molecule has 3 atom stereocenters. The van der Waals surface area contributed by atoms with Crippen LogP contribution in [0.3, 0.4) is 0 Å². The van der Waals surface area contributed by atoms with Crippen LogP contribution in [0.1, 0.15) is 37.8 Å². The van der Waals surface area contributed by atoms with E-state index < -0.39 is 32.2 Å². The molecule has 0 radical (unpaired) electrons. The van der Waals surface area contributed by atoms with Crippen LogP contribution in [0.5, 0.6) is 0 Å². The fourth-order valence-electron chi connectivity index (χ4n) is 3.91. The van der Waals surface area contributed by atoms with E-state index in [4.69, 9.17) is 14.8 Å². The number of sulfone groups is 1. The van der Waals surface area contributed by atoms with Crippen molar-refractivity contribution in [3.63, 3.8) is 0 Å². The van der Waals surface area contributed by atoms with Crippen LogP contribution in [0.4, 0.5) is 0 Å². The summed E-state index contributed by atoms with van der Waals surface area (Å²) in [5.41, 5.74) is 4.54. The predicted molar refractivity (Wildman–Crippen MR) is 127 cm³/mol. The lowest BCUT2D eigenvalue weighted by Crippen LogP contribution is -2.51. The molecule has 34 heavy (non-hydrogen) atoms. The van der Waals surface area contributed by atoms with Crippen LogP contribution in [-0.2, 0) is 29.8 Å². The Kier molecular flexibility index (Phi) is 7.47. The van der Waals surface area contributed by atoms with Crippen molar-refractivity contribution in [1.29, 1.82) is 0 Å². The Bertz CT molecular complexity index is 1160. The minimum Gasteiger partial charge on any atom is -0.392 e. The Balaban J connectivity index is 1.70. The van der Waals surface area contributed by atoms with E-state index in [0.717, 1.165) is 28.5 Å². The summed E-state index contributed by atoms with van der Waals surface area (Å²) in [7, 11) is -2.28. The highest BCUT2D eigenvalue weighted by Gasteiger charge is 2.47. The van der Waals surface area contributed by atoms with E-state index in [9.17, 15) is 18.3 Å². The quantitative estimate of drug-likeness (QED) is 0.363. The molecule has 2 aromatic carbocycles. The normalized spacial score (nSPS) is 19.5. The van der Waals surface area contributed by atoms with Crippen LogP contribution in [-0.4, -0.2) is 61.2 Å². The third-order valence-corrected chi connectivity index (χ3v) is 8.22. The molecule has 3 N–H and O–H groups in total. The van der Waals surface area contributed by atoms with Gasteiger partial charge in [-0.2, -0.15) is 0 Å². The molecule has 0 aliphatic carbocycles. The maximum absolute atomic E-state index is 12.2. The summed E-state index contributed by atoms with van der Waals surface area (Å²) in [6, 6.07) is 15.3. The zero-order valence-electron chi connectivity index (χ0n) is 19.6. The first-order valence-corrected chi connectivity index (χ1v) is 12.6. The summed E-state index contributed by atoms with van der Waals surface area (Å²) in [5.74, 6) is -1.01. The average molecular weight is 491 g/mol. The number of methoxy groups -OCH3 is 1. The third-order valence-electron chi connectivity index (χ3n) is 6.23. The SMILES string of the molecule is COCC(C)(O)c1ccc(-c2ccc(C3=NO[C@@H](C[C@](C)(C(=O)NO)S(C)(=O)=O)C3)cc2)cc1. The number of hydrogen-bond acceptors (Lipinski definition) is 8. The van der Waals surface area contributed by atoms with Crippen LogP contribution in [0, 0.1) is 0 Å². The Labute approximate surface area is 199 Å². The van der Waals surface area contributed by atoms with E-state index >= 15 is 0 Å². The standard InChI is InChI=1S/C24H30N2O7S/c1-23(28,15-32-3)19-11-9-17(10-12-19)16-5-7-18(8-6-16)21-13-20(33-26-21)14-24(2,22(27)25-29)34(4,30)31/h5-12,20,28-29H,13-15H2,1-4H3,(H,25,27)/t20-,23?,24-/m1/s1. The van der Waals surface area contributed by atoms with Gasteiger partial charge in [-0.3, -0.25) is 10.0 Å². The lowest BCUT2D eigenvalue weighted by atomic mass is 9.93. The summed E-state index contributed by atoms with van der Waals surface area (Å²) in [6.07, 6.45) is 0.497. The Morgan fingerprint density at radius 3 is 2.15 bits per heavy atom. The number of carbonyl (C=O) groups excluding carboxylic acids is 1. The summed E-state index contributed by atoms with van der Waals surface area (Å²) in [4.78, 5) is 17.5. The summed E-state index contributed by atoms with van der Waals surface area (Å²) in [5, 5.41) is 23.5. The average Bonchev–Trinajstić information content (AvgIpc) is 3.26. The Morgan fingerprint density at radius 1 is 1.12 bits per heavy atom. The maximum atomic E-state index is 12.2. The van der Waals surface area contributed by atoms with E-state index in [1.807, 2.05) is 48.5 Å². The van der Waals surface area contributed by atoms with Crippen molar-refractivity contribution < 1.29 is 33.1 Å². The van der Waals surface area contributed by atoms with Crippen LogP contribution in [0.25, 0.3) is 11.1 Å². The molecule has 10 heteroatoms. The second-order valence-corrected chi connectivity index (χ2v) is 11.4. The highest BCUT2D eigenvalue weighted by atomic mass is 32.2. The number of carbonyl (C=O) groups is 1. The van der Waals surface area contributed by atoms with Crippen molar-refractivity contribution in [3.8, 4) is 11.1 Å². The van der Waals surface area contributed by atoms with Gasteiger partial charge in [0.05, 0.1) is 12.3 Å². The van der Waals surface area contributed by atoms with Crippen molar-refractivity contribution in [1.82, 2.24) is 5.48 Å². The van der Waals surface area contributed by atoms with Crippen LogP contribution in [0.15, 0.2) is 53.7 Å². The number of ether oxygens (including phenoxy) is 1. The molecule has 0 saturated heterocycles. The van der Waals surface area contributed by atoms with Gasteiger partial charge in [-0.15, -0.1) is 0 Å². The molecule has 0 bridgehead atoms. The number of nitrogens with zero attached hydrogens (tertiary/aromatic N) is 1. The number of amides is 1. The van der Waals surface area contributed by atoms with E-state index in [2.05, 4.69) is 5.16 Å². The van der Waals surface area contributed by atoms with Crippen molar-refractivity contribution >= 4 is 21.5 Å². The van der Waals surface area contributed by atoms with E-state index in [-0.39, 0.29) is 13.0 Å². The molecule has 1 unspecified atom stereocenters. The Morgan fingerprint density at radius 2 is 1.65 bits per heavy atom. The predicted octanol–water partition coefficient (Wildman–Crippen LogP) is 2.40. The van der Waals surface area contributed by atoms with Gasteiger partial charge in [-0.05, 0) is 36.1 Å². The number of hydrogen-bond donors (Lipinski definition) is 3. The molecule has 3 rings (SSSR count). The van der Waals surface area contributed by atoms with Crippen molar-refractivity contribution in [2.45, 2.75) is 43.1 Å². The van der Waals surface area contributed by atoms with Gasteiger partial charge in [0.1, 0.15) is 11.7 Å². The molecule has 2 aromatic rings. The number of hydroxylamine groups is 1. The topological polar surface area (TPSA) is 135 Å². The van der Waals surface area contributed by atoms with Gasteiger partial charge in [0.15, 0.2) is 14.6 Å². The second kappa shape index (κ2) is 9.83. The van der Waals surface area contributed by atoms with Gasteiger partial charge < -0.3 is 14.7 Å². The van der Waals surface area contributed by atoms with E-state index in [1.165, 1.54) is 12.4 Å². The van der Waals surface area contributed by atoms with Crippen LogP contribution < -0.4 is 5.48 Å². The van der Waals surface area contributed by atoms with E-state index in [0.29, 0.717) is 12.1 Å². The zero-order chi connectivity index (χ0) is 25.1. The lowest BCUT2D eigenvalue weighted by molar-refractivity contribution is -0.132. The summed E-state index contributed by atoms with van der Waals surface area (Å²) in [6.45, 7) is 3.15. The van der Waals surface area contributed by atoms with Gasteiger partial charge in [-0.1, -0.05) is 53.7 Å².